The minimum absolute atomic E-state index is 0.0964. The second-order valence-corrected chi connectivity index (χ2v) is 7.93. The van der Waals surface area contributed by atoms with Gasteiger partial charge in [-0.25, -0.2) is 0 Å². The zero-order valence-corrected chi connectivity index (χ0v) is 16.2. The predicted molar refractivity (Wildman–Crippen MR) is 110 cm³/mol. The van der Waals surface area contributed by atoms with Gasteiger partial charge in [0.1, 0.15) is 0 Å². The Labute approximate surface area is 167 Å². The minimum Gasteiger partial charge on any atom is -0.399 e. The first-order chi connectivity index (χ1) is 13.8. The summed E-state index contributed by atoms with van der Waals surface area (Å²) in [6.45, 7) is 3.28. The van der Waals surface area contributed by atoms with Crippen molar-refractivity contribution in [1.29, 1.82) is 0 Å². The van der Waals surface area contributed by atoms with Crippen molar-refractivity contribution in [2.75, 3.05) is 18.9 Å². The lowest BCUT2D eigenvalue weighted by molar-refractivity contribution is 0.0878. The Morgan fingerprint density at radius 2 is 1.90 bits per heavy atom. The molecule has 7 heteroatoms. The van der Waals surface area contributed by atoms with Crippen LogP contribution in [0.2, 0.25) is 0 Å². The van der Waals surface area contributed by atoms with Crippen molar-refractivity contribution in [3.05, 3.63) is 64.3 Å². The Morgan fingerprint density at radius 1 is 1.17 bits per heavy atom. The lowest BCUT2D eigenvalue weighted by atomic mass is 9.71. The smallest absolute Gasteiger partial charge is 0.251 e. The van der Waals surface area contributed by atoms with Gasteiger partial charge in [-0.1, -0.05) is 19.9 Å². The van der Waals surface area contributed by atoms with Gasteiger partial charge in [-0.15, -0.1) is 0 Å². The van der Waals surface area contributed by atoms with Crippen LogP contribution in [0.25, 0.3) is 10.9 Å². The van der Waals surface area contributed by atoms with Gasteiger partial charge < -0.3 is 26.2 Å². The number of nitrogens with two attached hydrogens (primary N) is 1. The summed E-state index contributed by atoms with van der Waals surface area (Å²) in [6.07, 6.45) is 0. The summed E-state index contributed by atoms with van der Waals surface area (Å²) in [5.74, 6) is -0.514. The van der Waals surface area contributed by atoms with Crippen LogP contribution in [-0.2, 0) is 5.41 Å². The number of benzene rings is 2. The molecule has 1 aromatic heterocycles. The highest BCUT2D eigenvalue weighted by atomic mass is 16.3. The summed E-state index contributed by atoms with van der Waals surface area (Å²) >= 11 is 0. The van der Waals surface area contributed by atoms with E-state index in [1.165, 1.54) is 0 Å². The quantitative estimate of drug-likeness (QED) is 0.431. The van der Waals surface area contributed by atoms with Crippen molar-refractivity contribution < 1.29 is 19.8 Å². The number of anilines is 1. The fraction of sp³-hybridized carbons (Fsp3) is 0.273. The number of H-pyrrole nitrogens is 1. The van der Waals surface area contributed by atoms with E-state index in [1.54, 1.807) is 24.3 Å². The molecule has 0 aliphatic heterocycles. The van der Waals surface area contributed by atoms with Crippen LogP contribution >= 0.6 is 0 Å². The molecule has 0 fully saturated rings. The van der Waals surface area contributed by atoms with Crippen LogP contribution < -0.4 is 11.1 Å². The highest BCUT2D eigenvalue weighted by Gasteiger charge is 2.40. The number of rotatable bonds is 4. The van der Waals surface area contributed by atoms with Crippen LogP contribution in [0.15, 0.2) is 36.4 Å². The van der Waals surface area contributed by atoms with Crippen molar-refractivity contribution in [1.82, 2.24) is 10.3 Å². The number of aliphatic hydroxyl groups is 2. The molecule has 1 heterocycles. The molecule has 150 valence electrons. The number of carbonyl (C=O) groups is 2. The number of nitrogen functional groups attached to an aromatic ring is 1. The van der Waals surface area contributed by atoms with Crippen molar-refractivity contribution in [2.45, 2.75) is 25.3 Å². The van der Waals surface area contributed by atoms with E-state index in [2.05, 4.69) is 10.3 Å². The Balaban J connectivity index is 1.83. The van der Waals surface area contributed by atoms with Gasteiger partial charge in [0.15, 0.2) is 5.78 Å². The van der Waals surface area contributed by atoms with Gasteiger partial charge >= 0.3 is 0 Å². The average Bonchev–Trinajstić information content (AvgIpc) is 3.09. The molecule has 0 spiro atoms. The molecule has 0 radical (unpaired) electrons. The maximum atomic E-state index is 13.3. The Bertz CT molecular complexity index is 1140. The van der Waals surface area contributed by atoms with Gasteiger partial charge in [0.25, 0.3) is 5.91 Å². The second-order valence-electron chi connectivity index (χ2n) is 7.93. The van der Waals surface area contributed by atoms with Crippen LogP contribution in [0.4, 0.5) is 5.69 Å². The summed E-state index contributed by atoms with van der Waals surface area (Å²) in [5.41, 5.74) is 9.85. The lowest BCUT2D eigenvalue weighted by Gasteiger charge is -2.32. The van der Waals surface area contributed by atoms with Gasteiger partial charge in [-0.2, -0.15) is 0 Å². The van der Waals surface area contributed by atoms with E-state index in [1.807, 2.05) is 26.0 Å². The maximum Gasteiger partial charge on any atom is 0.251 e. The van der Waals surface area contributed by atoms with Crippen molar-refractivity contribution >= 4 is 28.3 Å². The fourth-order valence-electron chi connectivity index (χ4n) is 4.01. The standard InChI is InChI=1S/C22H23N3O4/c1-22(2)16-7-11(21(29)24-13(9-26)10-27)3-5-14(16)19(28)18-15-6-4-12(23)8-17(15)25-20(18)22/h3-8,13,25-27H,9-10,23H2,1-2H3,(H,24,29). The number of ketones is 1. The third-order valence-electron chi connectivity index (χ3n) is 5.65. The molecule has 3 aromatic rings. The number of hydrogen-bond acceptors (Lipinski definition) is 5. The molecule has 0 unspecified atom stereocenters. The van der Waals surface area contributed by atoms with Crippen molar-refractivity contribution in [3.63, 3.8) is 0 Å². The van der Waals surface area contributed by atoms with Crippen molar-refractivity contribution in [2.24, 2.45) is 0 Å². The third-order valence-corrected chi connectivity index (χ3v) is 5.65. The van der Waals surface area contributed by atoms with E-state index in [4.69, 9.17) is 5.73 Å². The molecule has 1 amide bonds. The topological polar surface area (TPSA) is 128 Å². The SMILES string of the molecule is CC1(C)c2cc(C(=O)NC(CO)CO)ccc2C(=O)c2c1[nH]c1cc(N)ccc21. The Kier molecular flexibility index (Phi) is 4.44. The van der Waals surface area contributed by atoms with E-state index in [9.17, 15) is 19.8 Å². The molecule has 2 aromatic carbocycles. The molecule has 4 rings (SSSR count). The largest absolute Gasteiger partial charge is 0.399 e. The molecular formula is C22H23N3O4. The zero-order valence-electron chi connectivity index (χ0n) is 16.2. The number of fused-ring (bicyclic) bond motifs is 4. The van der Waals surface area contributed by atoms with Gasteiger partial charge in [0, 0.05) is 38.8 Å². The number of aliphatic hydroxyl groups excluding tert-OH is 2. The van der Waals surface area contributed by atoms with Gasteiger partial charge in [0.05, 0.1) is 24.8 Å². The molecule has 29 heavy (non-hydrogen) atoms. The minimum atomic E-state index is -0.737. The Hall–Kier alpha value is -3.16. The number of aromatic nitrogens is 1. The van der Waals surface area contributed by atoms with E-state index in [-0.39, 0.29) is 19.0 Å². The number of aromatic amines is 1. The van der Waals surface area contributed by atoms with E-state index < -0.39 is 17.4 Å². The van der Waals surface area contributed by atoms with Crippen molar-refractivity contribution in [3.8, 4) is 0 Å². The molecule has 0 saturated heterocycles. The van der Waals surface area contributed by atoms with Gasteiger partial charge in [0.2, 0.25) is 0 Å². The fourth-order valence-corrected chi connectivity index (χ4v) is 4.01. The number of nitrogens with one attached hydrogen (secondary N) is 2. The first-order valence-electron chi connectivity index (χ1n) is 9.41. The molecule has 1 aliphatic rings. The van der Waals surface area contributed by atoms with Gasteiger partial charge in [-0.3, -0.25) is 9.59 Å². The summed E-state index contributed by atoms with van der Waals surface area (Å²) in [6, 6.07) is 9.66. The van der Waals surface area contributed by atoms with Crippen LogP contribution in [-0.4, -0.2) is 46.1 Å². The van der Waals surface area contributed by atoms with E-state index in [0.717, 1.165) is 22.2 Å². The third kappa shape index (κ3) is 2.90. The zero-order chi connectivity index (χ0) is 20.9. The highest BCUT2D eigenvalue weighted by molar-refractivity contribution is 6.20. The molecular weight excluding hydrogens is 370 g/mol. The molecule has 1 aliphatic carbocycles. The molecule has 0 saturated carbocycles. The van der Waals surface area contributed by atoms with Crippen LogP contribution in [0, 0.1) is 0 Å². The Morgan fingerprint density at radius 3 is 2.59 bits per heavy atom. The molecule has 0 atom stereocenters. The molecule has 7 nitrogen and oxygen atoms in total. The van der Waals surface area contributed by atoms with Crippen LogP contribution in [0.1, 0.15) is 51.4 Å². The number of carbonyl (C=O) groups excluding carboxylic acids is 2. The van der Waals surface area contributed by atoms with E-state index >= 15 is 0 Å². The highest BCUT2D eigenvalue weighted by Crippen LogP contribution is 2.44. The summed E-state index contributed by atoms with van der Waals surface area (Å²) in [4.78, 5) is 29.2. The van der Waals surface area contributed by atoms with Crippen LogP contribution in [0.5, 0.6) is 0 Å². The normalized spacial score (nSPS) is 14.7. The van der Waals surface area contributed by atoms with Gasteiger partial charge in [-0.05, 0) is 35.9 Å². The number of hydrogen-bond donors (Lipinski definition) is 5. The van der Waals surface area contributed by atoms with Crippen LogP contribution in [0.3, 0.4) is 0 Å². The number of amides is 1. The van der Waals surface area contributed by atoms with E-state index in [0.29, 0.717) is 22.4 Å². The monoisotopic (exact) mass is 393 g/mol. The lowest BCUT2D eigenvalue weighted by Crippen LogP contribution is -2.40. The first-order valence-corrected chi connectivity index (χ1v) is 9.41. The summed E-state index contributed by atoms with van der Waals surface area (Å²) in [7, 11) is 0. The first kappa shape index (κ1) is 19.2. The maximum absolute atomic E-state index is 13.3. The summed E-state index contributed by atoms with van der Waals surface area (Å²) < 4.78 is 0. The molecule has 0 bridgehead atoms. The summed E-state index contributed by atoms with van der Waals surface area (Å²) in [5, 5.41) is 21.8. The average molecular weight is 393 g/mol. The predicted octanol–water partition coefficient (Wildman–Crippen LogP) is 1.70. The molecule has 6 N–H and O–H groups in total. The second kappa shape index (κ2) is 6.72.